The summed E-state index contributed by atoms with van der Waals surface area (Å²) in [4.78, 5) is 16.6. The molecule has 4 nitrogen and oxygen atoms in total. The summed E-state index contributed by atoms with van der Waals surface area (Å²) in [6, 6.07) is 13.6. The second-order valence-corrected chi connectivity index (χ2v) is 6.67. The fourth-order valence-corrected chi connectivity index (χ4v) is 3.45. The van der Waals surface area contributed by atoms with Crippen LogP contribution in [0.5, 0.6) is 11.5 Å². The van der Waals surface area contributed by atoms with E-state index in [2.05, 4.69) is 11.1 Å². The number of thiazole rings is 1. The van der Waals surface area contributed by atoms with Crippen LogP contribution in [0.2, 0.25) is 0 Å². The van der Waals surface area contributed by atoms with Gasteiger partial charge in [0, 0.05) is 6.42 Å². The molecule has 3 rings (SSSR count). The molecular weight excluding hydrogens is 322 g/mol. The van der Waals surface area contributed by atoms with E-state index < -0.39 is 0 Å². The molecule has 0 amide bonds. The molecule has 0 aliphatic rings. The molecule has 0 unspecified atom stereocenters. The van der Waals surface area contributed by atoms with E-state index in [0.717, 1.165) is 22.5 Å². The highest BCUT2D eigenvalue weighted by Gasteiger charge is 2.11. The first kappa shape index (κ1) is 16.5. The average molecular weight is 341 g/mol. The molecule has 0 atom stereocenters. The highest BCUT2D eigenvalue weighted by molar-refractivity contribution is 7.18. The van der Waals surface area contributed by atoms with Crippen LogP contribution in [0.3, 0.4) is 0 Å². The molecule has 1 aromatic heterocycles. The maximum Gasteiger partial charge on any atom is 0.311 e. The molecular formula is C19H19NO3S. The predicted molar refractivity (Wildman–Crippen MR) is 95.9 cm³/mol. The number of fused-ring (bicyclic) bond motifs is 1. The first-order valence-corrected chi connectivity index (χ1v) is 8.67. The number of benzene rings is 2. The van der Waals surface area contributed by atoms with Gasteiger partial charge in [-0.2, -0.15) is 0 Å². The molecule has 0 spiro atoms. The fraction of sp³-hybridized carbons (Fsp3) is 0.263. The molecule has 24 heavy (non-hydrogen) atoms. The second kappa shape index (κ2) is 7.45. The third-order valence-electron chi connectivity index (χ3n) is 3.65. The zero-order chi connectivity index (χ0) is 16.9. The van der Waals surface area contributed by atoms with E-state index in [1.807, 2.05) is 37.3 Å². The first-order chi connectivity index (χ1) is 11.7. The summed E-state index contributed by atoms with van der Waals surface area (Å²) >= 11 is 1.68. The number of aryl methyl sites for hydroxylation is 2. The number of hydrogen-bond acceptors (Lipinski definition) is 5. The smallest absolute Gasteiger partial charge is 0.311 e. The van der Waals surface area contributed by atoms with Gasteiger partial charge in [-0.3, -0.25) is 4.79 Å². The number of carbonyl (C=O) groups is 1. The van der Waals surface area contributed by atoms with E-state index in [4.69, 9.17) is 9.47 Å². The SMILES string of the molecule is COc1cc(C)ccc1OC(=O)CCCc1nc2ccccc2s1. The minimum atomic E-state index is -0.252. The largest absolute Gasteiger partial charge is 0.493 e. The van der Waals surface area contributed by atoms with Crippen LogP contribution in [0, 0.1) is 6.92 Å². The van der Waals surface area contributed by atoms with Crippen molar-refractivity contribution in [2.75, 3.05) is 7.11 Å². The Hall–Kier alpha value is -2.40. The molecule has 0 aliphatic heterocycles. The molecule has 0 fully saturated rings. The Labute approximate surface area is 145 Å². The van der Waals surface area contributed by atoms with Crippen molar-refractivity contribution in [3.05, 3.63) is 53.0 Å². The number of hydrogen-bond donors (Lipinski definition) is 0. The lowest BCUT2D eigenvalue weighted by Gasteiger charge is -2.09. The van der Waals surface area contributed by atoms with Crippen molar-refractivity contribution in [3.63, 3.8) is 0 Å². The average Bonchev–Trinajstić information content (AvgIpc) is 2.99. The van der Waals surface area contributed by atoms with Crippen molar-refractivity contribution in [2.45, 2.75) is 26.2 Å². The van der Waals surface area contributed by atoms with Gasteiger partial charge in [-0.05, 0) is 49.6 Å². The van der Waals surface area contributed by atoms with E-state index in [1.54, 1.807) is 24.5 Å². The lowest BCUT2D eigenvalue weighted by molar-refractivity contribution is -0.134. The summed E-state index contributed by atoms with van der Waals surface area (Å²) in [6.07, 6.45) is 1.85. The lowest BCUT2D eigenvalue weighted by Crippen LogP contribution is -2.09. The molecule has 0 saturated heterocycles. The number of esters is 1. The van der Waals surface area contributed by atoms with Crippen molar-refractivity contribution in [1.29, 1.82) is 0 Å². The Morgan fingerprint density at radius 3 is 2.79 bits per heavy atom. The summed E-state index contributed by atoms with van der Waals surface area (Å²) in [5.41, 5.74) is 2.08. The molecule has 2 aromatic carbocycles. The van der Waals surface area contributed by atoms with Gasteiger partial charge in [0.15, 0.2) is 11.5 Å². The van der Waals surface area contributed by atoms with Crippen LogP contribution in [0.1, 0.15) is 23.4 Å². The zero-order valence-corrected chi connectivity index (χ0v) is 14.6. The van der Waals surface area contributed by atoms with Crippen molar-refractivity contribution in [1.82, 2.24) is 4.98 Å². The number of nitrogens with zero attached hydrogens (tertiary/aromatic N) is 1. The molecule has 0 aliphatic carbocycles. The number of carbonyl (C=O) groups excluding carboxylic acids is 1. The summed E-state index contributed by atoms with van der Waals surface area (Å²) in [6.45, 7) is 1.96. The number of para-hydroxylation sites is 1. The first-order valence-electron chi connectivity index (χ1n) is 7.85. The maximum absolute atomic E-state index is 12.0. The summed E-state index contributed by atoms with van der Waals surface area (Å²) in [5.74, 6) is 0.792. The number of aromatic nitrogens is 1. The van der Waals surface area contributed by atoms with Crippen molar-refractivity contribution in [3.8, 4) is 11.5 Å². The zero-order valence-electron chi connectivity index (χ0n) is 13.7. The third-order valence-corrected chi connectivity index (χ3v) is 4.75. The van der Waals surface area contributed by atoms with E-state index in [1.165, 1.54) is 4.70 Å². The van der Waals surface area contributed by atoms with Gasteiger partial charge in [-0.25, -0.2) is 4.98 Å². The van der Waals surface area contributed by atoms with Gasteiger partial charge >= 0.3 is 5.97 Å². The molecule has 0 saturated carbocycles. The molecule has 5 heteroatoms. The number of ether oxygens (including phenoxy) is 2. The highest BCUT2D eigenvalue weighted by atomic mass is 32.1. The van der Waals surface area contributed by atoms with E-state index in [-0.39, 0.29) is 5.97 Å². The van der Waals surface area contributed by atoms with Crippen LogP contribution in [0.4, 0.5) is 0 Å². The van der Waals surface area contributed by atoms with Gasteiger partial charge in [0.05, 0.1) is 22.3 Å². The fourth-order valence-electron chi connectivity index (χ4n) is 2.44. The summed E-state index contributed by atoms with van der Waals surface area (Å²) in [7, 11) is 1.57. The van der Waals surface area contributed by atoms with Gasteiger partial charge in [0.1, 0.15) is 0 Å². The van der Waals surface area contributed by atoms with Crippen LogP contribution >= 0.6 is 11.3 Å². The minimum Gasteiger partial charge on any atom is -0.493 e. The number of rotatable bonds is 6. The summed E-state index contributed by atoms with van der Waals surface area (Å²) < 4.78 is 11.8. The Kier molecular flexibility index (Phi) is 5.11. The van der Waals surface area contributed by atoms with Gasteiger partial charge in [-0.1, -0.05) is 18.2 Å². The lowest BCUT2D eigenvalue weighted by atomic mass is 10.2. The van der Waals surface area contributed by atoms with Crippen molar-refractivity contribution < 1.29 is 14.3 Å². The predicted octanol–water partition coefficient (Wildman–Crippen LogP) is 4.54. The van der Waals surface area contributed by atoms with Crippen molar-refractivity contribution in [2.24, 2.45) is 0 Å². The quantitative estimate of drug-likeness (QED) is 0.488. The van der Waals surface area contributed by atoms with Crippen molar-refractivity contribution >= 4 is 27.5 Å². The Balaban J connectivity index is 1.54. The second-order valence-electron chi connectivity index (χ2n) is 5.56. The maximum atomic E-state index is 12.0. The molecule has 0 N–H and O–H groups in total. The van der Waals surface area contributed by atoms with E-state index >= 15 is 0 Å². The van der Waals surface area contributed by atoms with E-state index in [0.29, 0.717) is 24.3 Å². The van der Waals surface area contributed by atoms with Gasteiger partial charge < -0.3 is 9.47 Å². The molecule has 0 bridgehead atoms. The third kappa shape index (κ3) is 3.92. The Morgan fingerprint density at radius 2 is 2.00 bits per heavy atom. The van der Waals surface area contributed by atoms with Crippen LogP contribution < -0.4 is 9.47 Å². The molecule has 3 aromatic rings. The Bertz CT molecular complexity index is 824. The van der Waals surface area contributed by atoms with Gasteiger partial charge in [0.25, 0.3) is 0 Å². The topological polar surface area (TPSA) is 48.4 Å². The van der Waals surface area contributed by atoms with Gasteiger partial charge in [0.2, 0.25) is 0 Å². The standard InChI is InChI=1S/C19H19NO3S/c1-13-10-11-15(16(12-13)22-2)23-19(21)9-5-8-18-20-14-6-3-4-7-17(14)24-18/h3-4,6-7,10-12H,5,8-9H2,1-2H3. The highest BCUT2D eigenvalue weighted by Crippen LogP contribution is 2.28. The molecule has 1 heterocycles. The Morgan fingerprint density at radius 1 is 1.17 bits per heavy atom. The monoisotopic (exact) mass is 341 g/mol. The molecule has 0 radical (unpaired) electrons. The van der Waals surface area contributed by atoms with Crippen LogP contribution in [0.25, 0.3) is 10.2 Å². The molecule has 124 valence electrons. The van der Waals surface area contributed by atoms with Crippen LogP contribution in [-0.2, 0) is 11.2 Å². The number of methoxy groups -OCH3 is 1. The van der Waals surface area contributed by atoms with Crippen LogP contribution in [-0.4, -0.2) is 18.1 Å². The minimum absolute atomic E-state index is 0.252. The van der Waals surface area contributed by atoms with Crippen LogP contribution in [0.15, 0.2) is 42.5 Å². The summed E-state index contributed by atoms with van der Waals surface area (Å²) in [5, 5.41) is 1.05. The van der Waals surface area contributed by atoms with E-state index in [9.17, 15) is 4.79 Å². The van der Waals surface area contributed by atoms with Gasteiger partial charge in [-0.15, -0.1) is 11.3 Å². The normalized spacial score (nSPS) is 10.8.